The molecule has 1 aromatic carbocycles. The summed E-state index contributed by atoms with van der Waals surface area (Å²) < 4.78 is 24.9. The maximum atomic E-state index is 12.0. The molecular weight excluding hydrogens is 302 g/mol. The Morgan fingerprint density at radius 2 is 1.86 bits per heavy atom. The van der Waals surface area contributed by atoms with Crippen LogP contribution in [-0.4, -0.2) is 33.2 Å². The minimum atomic E-state index is -3.17. The summed E-state index contributed by atoms with van der Waals surface area (Å²) in [4.78, 5) is 12.0. The zero-order chi connectivity index (χ0) is 16.6. The van der Waals surface area contributed by atoms with Crippen LogP contribution in [0.2, 0.25) is 0 Å². The van der Waals surface area contributed by atoms with E-state index >= 15 is 0 Å². The molecule has 124 valence electrons. The highest BCUT2D eigenvalue weighted by Gasteiger charge is 2.21. The van der Waals surface area contributed by atoms with Gasteiger partial charge in [0, 0.05) is 19.1 Å². The van der Waals surface area contributed by atoms with Crippen molar-refractivity contribution in [2.24, 2.45) is 11.7 Å². The standard InChI is InChI=1S/C15H25N3O3S/c1-3-22(20,21)18-11-7-10-17-15(19)12(2)14(16)13-8-5-4-6-9-13/h4-6,8-9,12,14,18H,3,7,10-11,16H2,1-2H3,(H,17,19). The van der Waals surface area contributed by atoms with Gasteiger partial charge in [-0.15, -0.1) is 0 Å². The highest BCUT2D eigenvalue weighted by atomic mass is 32.2. The lowest BCUT2D eigenvalue weighted by atomic mass is 9.95. The van der Waals surface area contributed by atoms with Crippen molar-refractivity contribution >= 4 is 15.9 Å². The number of benzene rings is 1. The fourth-order valence-electron chi connectivity index (χ4n) is 1.92. The number of carbonyl (C=O) groups is 1. The lowest BCUT2D eigenvalue weighted by Gasteiger charge is -2.19. The largest absolute Gasteiger partial charge is 0.356 e. The van der Waals surface area contributed by atoms with E-state index in [1.54, 1.807) is 13.8 Å². The summed E-state index contributed by atoms with van der Waals surface area (Å²) in [6.07, 6.45) is 0.540. The van der Waals surface area contributed by atoms with E-state index in [0.717, 1.165) is 5.56 Å². The van der Waals surface area contributed by atoms with Gasteiger partial charge in [-0.1, -0.05) is 37.3 Å². The molecular formula is C15H25N3O3S. The lowest BCUT2D eigenvalue weighted by molar-refractivity contribution is -0.125. The zero-order valence-electron chi connectivity index (χ0n) is 13.1. The van der Waals surface area contributed by atoms with Crippen molar-refractivity contribution in [2.75, 3.05) is 18.8 Å². The van der Waals surface area contributed by atoms with Crippen molar-refractivity contribution in [3.63, 3.8) is 0 Å². The van der Waals surface area contributed by atoms with Gasteiger partial charge in [0.1, 0.15) is 0 Å². The monoisotopic (exact) mass is 327 g/mol. The highest BCUT2D eigenvalue weighted by Crippen LogP contribution is 2.18. The van der Waals surface area contributed by atoms with Gasteiger partial charge in [-0.3, -0.25) is 4.79 Å². The van der Waals surface area contributed by atoms with Crippen LogP contribution in [0.1, 0.15) is 31.9 Å². The van der Waals surface area contributed by atoms with Gasteiger partial charge in [0.2, 0.25) is 15.9 Å². The van der Waals surface area contributed by atoms with E-state index in [2.05, 4.69) is 10.0 Å². The first-order valence-corrected chi connectivity index (χ1v) is 9.08. The maximum Gasteiger partial charge on any atom is 0.224 e. The van der Waals surface area contributed by atoms with Crippen LogP contribution in [0.3, 0.4) is 0 Å². The Hall–Kier alpha value is -1.44. The molecule has 0 spiro atoms. The predicted octanol–water partition coefficient (Wildman–Crippen LogP) is 0.768. The van der Waals surface area contributed by atoms with Crippen LogP contribution in [0.5, 0.6) is 0 Å². The average molecular weight is 327 g/mol. The molecule has 0 aliphatic rings. The number of amides is 1. The molecule has 4 N–H and O–H groups in total. The van der Waals surface area contributed by atoms with E-state index in [9.17, 15) is 13.2 Å². The van der Waals surface area contributed by atoms with Crippen LogP contribution >= 0.6 is 0 Å². The summed E-state index contributed by atoms with van der Waals surface area (Å²) >= 11 is 0. The SMILES string of the molecule is CCS(=O)(=O)NCCCNC(=O)C(C)C(N)c1ccccc1. The smallest absolute Gasteiger partial charge is 0.224 e. The molecule has 0 aliphatic carbocycles. The third kappa shape index (κ3) is 6.13. The molecule has 0 heterocycles. The average Bonchev–Trinajstić information content (AvgIpc) is 2.53. The van der Waals surface area contributed by atoms with E-state index in [1.165, 1.54) is 0 Å². The Bertz CT molecular complexity index is 561. The molecule has 0 bridgehead atoms. The molecule has 22 heavy (non-hydrogen) atoms. The number of hydrogen-bond acceptors (Lipinski definition) is 4. The van der Waals surface area contributed by atoms with Gasteiger partial charge < -0.3 is 11.1 Å². The van der Waals surface area contributed by atoms with Gasteiger partial charge in [-0.05, 0) is 18.9 Å². The first kappa shape index (κ1) is 18.6. The van der Waals surface area contributed by atoms with E-state index in [4.69, 9.17) is 5.73 Å². The van der Waals surface area contributed by atoms with Gasteiger partial charge >= 0.3 is 0 Å². The van der Waals surface area contributed by atoms with E-state index in [1.807, 2.05) is 30.3 Å². The topological polar surface area (TPSA) is 101 Å². The first-order chi connectivity index (χ1) is 10.4. The van der Waals surface area contributed by atoms with Crippen molar-refractivity contribution in [1.29, 1.82) is 0 Å². The molecule has 0 saturated carbocycles. The minimum Gasteiger partial charge on any atom is -0.356 e. The predicted molar refractivity (Wildman–Crippen MR) is 87.6 cm³/mol. The third-order valence-corrected chi connectivity index (χ3v) is 4.90. The Kier molecular flexibility index (Phi) is 7.50. The molecule has 1 aromatic rings. The summed E-state index contributed by atoms with van der Waals surface area (Å²) in [5.41, 5.74) is 7.01. The normalized spacial score (nSPS) is 14.3. The highest BCUT2D eigenvalue weighted by molar-refractivity contribution is 7.89. The van der Waals surface area contributed by atoms with Crippen molar-refractivity contribution < 1.29 is 13.2 Å². The zero-order valence-corrected chi connectivity index (χ0v) is 13.9. The molecule has 1 amide bonds. The van der Waals surface area contributed by atoms with E-state index in [0.29, 0.717) is 19.5 Å². The van der Waals surface area contributed by atoms with E-state index in [-0.39, 0.29) is 23.6 Å². The summed E-state index contributed by atoms with van der Waals surface area (Å²) in [6.45, 7) is 4.09. The van der Waals surface area contributed by atoms with Crippen LogP contribution in [-0.2, 0) is 14.8 Å². The van der Waals surface area contributed by atoms with Crippen LogP contribution in [0.4, 0.5) is 0 Å². The molecule has 2 unspecified atom stereocenters. The molecule has 0 aromatic heterocycles. The molecule has 0 fully saturated rings. The molecule has 0 saturated heterocycles. The quantitative estimate of drug-likeness (QED) is 0.583. The van der Waals surface area contributed by atoms with E-state index < -0.39 is 10.0 Å². The number of nitrogens with one attached hydrogen (secondary N) is 2. The number of nitrogens with two attached hydrogens (primary N) is 1. The second-order valence-corrected chi connectivity index (χ2v) is 7.26. The number of carbonyl (C=O) groups excluding carboxylic acids is 1. The molecule has 2 atom stereocenters. The van der Waals surface area contributed by atoms with Crippen molar-refractivity contribution in [3.8, 4) is 0 Å². The fraction of sp³-hybridized carbons (Fsp3) is 0.533. The fourth-order valence-corrected chi connectivity index (χ4v) is 2.58. The van der Waals surface area contributed by atoms with Gasteiger partial charge in [0.25, 0.3) is 0 Å². The van der Waals surface area contributed by atoms with Crippen molar-refractivity contribution in [1.82, 2.24) is 10.0 Å². The van der Waals surface area contributed by atoms with Crippen LogP contribution < -0.4 is 15.8 Å². The Balaban J connectivity index is 2.33. The molecule has 7 heteroatoms. The van der Waals surface area contributed by atoms with Crippen LogP contribution in [0.15, 0.2) is 30.3 Å². The summed E-state index contributed by atoms with van der Waals surface area (Å²) in [7, 11) is -3.17. The minimum absolute atomic E-state index is 0.0579. The third-order valence-electron chi connectivity index (χ3n) is 3.49. The summed E-state index contributed by atoms with van der Waals surface area (Å²) in [6, 6.07) is 9.11. The van der Waals surface area contributed by atoms with Gasteiger partial charge in [-0.25, -0.2) is 13.1 Å². The number of sulfonamides is 1. The van der Waals surface area contributed by atoms with Crippen molar-refractivity contribution in [3.05, 3.63) is 35.9 Å². The lowest BCUT2D eigenvalue weighted by Crippen LogP contribution is -2.37. The molecule has 1 rings (SSSR count). The van der Waals surface area contributed by atoms with Crippen molar-refractivity contribution in [2.45, 2.75) is 26.3 Å². The Morgan fingerprint density at radius 1 is 1.23 bits per heavy atom. The second kappa shape index (κ2) is 8.87. The number of hydrogen-bond donors (Lipinski definition) is 3. The van der Waals surface area contributed by atoms with Gasteiger partial charge in [-0.2, -0.15) is 0 Å². The maximum absolute atomic E-state index is 12.0. The van der Waals surface area contributed by atoms with Crippen LogP contribution in [0.25, 0.3) is 0 Å². The number of rotatable bonds is 9. The summed E-state index contributed by atoms with van der Waals surface area (Å²) in [5, 5.41) is 2.78. The molecule has 6 nitrogen and oxygen atoms in total. The molecule has 0 aliphatic heterocycles. The van der Waals surface area contributed by atoms with Crippen LogP contribution in [0, 0.1) is 5.92 Å². The summed E-state index contributed by atoms with van der Waals surface area (Å²) in [5.74, 6) is -0.424. The first-order valence-electron chi connectivity index (χ1n) is 7.43. The Labute approximate surface area is 132 Å². The Morgan fingerprint density at radius 3 is 2.45 bits per heavy atom. The van der Waals surface area contributed by atoms with Gasteiger partial charge in [0.15, 0.2) is 0 Å². The van der Waals surface area contributed by atoms with Gasteiger partial charge in [0.05, 0.1) is 11.7 Å². The second-order valence-electron chi connectivity index (χ2n) is 5.17. The molecule has 0 radical (unpaired) electrons.